The summed E-state index contributed by atoms with van der Waals surface area (Å²) in [6.07, 6.45) is -3.47. The molecule has 0 aromatic heterocycles. The van der Waals surface area contributed by atoms with Gasteiger partial charge in [-0.05, 0) is 42.0 Å². The molecule has 0 bridgehead atoms. The number of nitrogens with one attached hydrogen (secondary N) is 1. The van der Waals surface area contributed by atoms with Crippen molar-refractivity contribution in [2.75, 3.05) is 18.7 Å². The van der Waals surface area contributed by atoms with Crippen molar-refractivity contribution in [2.24, 2.45) is 0 Å². The Morgan fingerprint density at radius 2 is 1.94 bits per heavy atom. The van der Waals surface area contributed by atoms with Crippen LogP contribution >= 0.6 is 11.6 Å². The first-order valence-electron chi connectivity index (χ1n) is 8.52. The molecule has 11 heteroatoms. The maximum Gasteiger partial charge on any atom is 0.417 e. The molecule has 2 aromatic rings. The van der Waals surface area contributed by atoms with Crippen LogP contribution in [0.25, 0.3) is 6.08 Å². The summed E-state index contributed by atoms with van der Waals surface area (Å²) >= 11 is 5.51. The number of ether oxygens (including phenoxy) is 3. The summed E-state index contributed by atoms with van der Waals surface area (Å²) < 4.78 is 53.8. The molecule has 1 heterocycles. The summed E-state index contributed by atoms with van der Waals surface area (Å²) in [4.78, 5) is 24.0. The van der Waals surface area contributed by atoms with E-state index in [1.165, 1.54) is 6.08 Å². The van der Waals surface area contributed by atoms with Crippen molar-refractivity contribution < 1.29 is 37.0 Å². The molecule has 3 rings (SSSR count). The Morgan fingerprint density at radius 1 is 1.19 bits per heavy atom. The van der Waals surface area contributed by atoms with Crippen molar-refractivity contribution in [2.45, 2.75) is 6.18 Å². The van der Waals surface area contributed by atoms with Gasteiger partial charge in [0.1, 0.15) is 11.6 Å². The Labute approximate surface area is 178 Å². The predicted molar refractivity (Wildman–Crippen MR) is 102 cm³/mol. The number of amides is 1. The van der Waals surface area contributed by atoms with Gasteiger partial charge in [-0.3, -0.25) is 4.79 Å². The highest BCUT2D eigenvalue weighted by molar-refractivity contribution is 6.31. The average Bonchev–Trinajstić information content (AvgIpc) is 3.18. The first kappa shape index (κ1) is 22.0. The minimum atomic E-state index is -4.70. The lowest BCUT2D eigenvalue weighted by molar-refractivity contribution is -0.142. The molecular weight excluding hydrogens is 441 g/mol. The number of hydrogen-bond donors (Lipinski definition) is 1. The number of rotatable bonds is 5. The summed E-state index contributed by atoms with van der Waals surface area (Å²) in [5.74, 6) is -1.02. The van der Waals surface area contributed by atoms with Crippen LogP contribution < -0.4 is 14.8 Å². The molecule has 0 saturated heterocycles. The smallest absolute Gasteiger partial charge is 0.417 e. The molecule has 1 aliphatic heterocycles. The Morgan fingerprint density at radius 3 is 2.65 bits per heavy atom. The van der Waals surface area contributed by atoms with Crippen molar-refractivity contribution in [3.8, 4) is 17.6 Å². The van der Waals surface area contributed by atoms with E-state index in [0.717, 1.165) is 12.1 Å². The van der Waals surface area contributed by atoms with Gasteiger partial charge in [0.2, 0.25) is 6.79 Å². The zero-order valence-corrected chi connectivity index (χ0v) is 16.2. The molecule has 0 unspecified atom stereocenters. The molecule has 160 valence electrons. The third-order valence-electron chi connectivity index (χ3n) is 3.94. The molecule has 7 nitrogen and oxygen atoms in total. The van der Waals surface area contributed by atoms with E-state index in [2.05, 4.69) is 5.32 Å². The van der Waals surface area contributed by atoms with Gasteiger partial charge in [-0.2, -0.15) is 18.4 Å². The third-order valence-corrected chi connectivity index (χ3v) is 4.27. The molecule has 1 N–H and O–H groups in total. The number of carbonyl (C=O) groups excluding carboxylic acids is 2. The highest BCUT2D eigenvalue weighted by Gasteiger charge is 2.33. The van der Waals surface area contributed by atoms with Crippen LogP contribution in [0.2, 0.25) is 5.02 Å². The van der Waals surface area contributed by atoms with Crippen molar-refractivity contribution in [1.82, 2.24) is 0 Å². The molecule has 0 fully saturated rings. The number of alkyl halides is 3. The van der Waals surface area contributed by atoms with Crippen LogP contribution in [0.4, 0.5) is 18.9 Å². The second kappa shape index (κ2) is 8.97. The Kier molecular flexibility index (Phi) is 6.36. The highest BCUT2D eigenvalue weighted by atomic mass is 35.5. The SMILES string of the molecule is N#C/C(=C/c1ccc2c(c1)OCO2)C(=O)OCC(=O)Nc1ccc(Cl)c(C(F)(F)F)c1. The van der Waals surface area contributed by atoms with E-state index < -0.39 is 40.8 Å². The van der Waals surface area contributed by atoms with E-state index >= 15 is 0 Å². The van der Waals surface area contributed by atoms with Gasteiger partial charge in [0.05, 0.1) is 10.6 Å². The van der Waals surface area contributed by atoms with E-state index in [1.807, 2.05) is 0 Å². The van der Waals surface area contributed by atoms with Gasteiger partial charge < -0.3 is 19.5 Å². The number of fused-ring (bicyclic) bond motifs is 1. The van der Waals surface area contributed by atoms with Crippen LogP contribution in [0.1, 0.15) is 11.1 Å². The van der Waals surface area contributed by atoms with Gasteiger partial charge in [-0.15, -0.1) is 0 Å². The fourth-order valence-corrected chi connectivity index (χ4v) is 2.76. The standard InChI is InChI=1S/C20H12ClF3N2O5/c21-15-3-2-13(7-14(15)20(22,23)24)26-18(27)9-29-19(28)12(8-25)5-11-1-4-16-17(6-11)31-10-30-16/h1-7H,9-10H2,(H,26,27)/b12-5-. The number of hydrogen-bond acceptors (Lipinski definition) is 6. The summed E-state index contributed by atoms with van der Waals surface area (Å²) in [6, 6.07) is 9.21. The number of carbonyl (C=O) groups is 2. The van der Waals surface area contributed by atoms with E-state index in [9.17, 15) is 28.0 Å². The first-order valence-corrected chi connectivity index (χ1v) is 8.90. The summed E-state index contributed by atoms with van der Waals surface area (Å²) in [5.41, 5.74) is -1.24. The lowest BCUT2D eigenvalue weighted by Crippen LogP contribution is -2.21. The minimum absolute atomic E-state index is 0.0584. The van der Waals surface area contributed by atoms with Crippen LogP contribution in [0.5, 0.6) is 11.5 Å². The summed E-state index contributed by atoms with van der Waals surface area (Å²) in [5, 5.41) is 10.8. The molecule has 0 saturated carbocycles. The predicted octanol–water partition coefficient (Wildman–Crippen LogP) is 4.18. The van der Waals surface area contributed by atoms with Crippen LogP contribution in [0.15, 0.2) is 42.0 Å². The second-order valence-corrected chi connectivity index (χ2v) is 6.51. The van der Waals surface area contributed by atoms with Gasteiger partial charge in [0.15, 0.2) is 18.1 Å². The maximum absolute atomic E-state index is 12.9. The molecule has 0 aliphatic carbocycles. The number of esters is 1. The molecule has 1 amide bonds. The zero-order valence-electron chi connectivity index (χ0n) is 15.5. The Hall–Kier alpha value is -3.71. The normalized spacial score (nSPS) is 12.8. The molecule has 2 aromatic carbocycles. The van der Waals surface area contributed by atoms with Gasteiger partial charge in [-0.25, -0.2) is 4.79 Å². The van der Waals surface area contributed by atoms with E-state index in [4.69, 9.17) is 25.8 Å². The van der Waals surface area contributed by atoms with Gasteiger partial charge >= 0.3 is 12.1 Å². The summed E-state index contributed by atoms with van der Waals surface area (Å²) in [7, 11) is 0. The van der Waals surface area contributed by atoms with E-state index in [1.54, 1.807) is 24.3 Å². The number of nitrogens with zero attached hydrogens (tertiary/aromatic N) is 1. The molecular formula is C20H12ClF3N2O5. The van der Waals surface area contributed by atoms with Crippen LogP contribution in [0.3, 0.4) is 0 Å². The molecule has 0 atom stereocenters. The Balaban J connectivity index is 1.62. The van der Waals surface area contributed by atoms with Crippen LogP contribution in [-0.2, 0) is 20.5 Å². The lowest BCUT2D eigenvalue weighted by atomic mass is 10.1. The maximum atomic E-state index is 12.9. The minimum Gasteiger partial charge on any atom is -0.454 e. The van der Waals surface area contributed by atoms with Crippen LogP contribution in [0, 0.1) is 11.3 Å². The Bertz CT molecular complexity index is 1110. The average molecular weight is 453 g/mol. The largest absolute Gasteiger partial charge is 0.454 e. The number of benzene rings is 2. The molecule has 0 radical (unpaired) electrons. The lowest BCUT2D eigenvalue weighted by Gasteiger charge is -2.12. The number of nitriles is 1. The van der Waals surface area contributed by atoms with E-state index in [0.29, 0.717) is 23.1 Å². The van der Waals surface area contributed by atoms with Crippen molar-refractivity contribution in [3.63, 3.8) is 0 Å². The van der Waals surface area contributed by atoms with Gasteiger partial charge in [-0.1, -0.05) is 17.7 Å². The topological polar surface area (TPSA) is 97.7 Å². The monoisotopic (exact) mass is 452 g/mol. The fourth-order valence-electron chi connectivity index (χ4n) is 2.53. The molecule has 31 heavy (non-hydrogen) atoms. The molecule has 0 spiro atoms. The van der Waals surface area contributed by atoms with Gasteiger partial charge in [0.25, 0.3) is 5.91 Å². The van der Waals surface area contributed by atoms with Crippen molar-refractivity contribution in [3.05, 3.63) is 58.1 Å². The van der Waals surface area contributed by atoms with Crippen molar-refractivity contribution in [1.29, 1.82) is 5.26 Å². The van der Waals surface area contributed by atoms with Crippen LogP contribution in [-0.4, -0.2) is 25.3 Å². The highest BCUT2D eigenvalue weighted by Crippen LogP contribution is 2.36. The molecule has 1 aliphatic rings. The van der Waals surface area contributed by atoms with Gasteiger partial charge in [0, 0.05) is 5.69 Å². The number of halogens is 4. The fraction of sp³-hybridized carbons (Fsp3) is 0.150. The van der Waals surface area contributed by atoms with Crippen molar-refractivity contribution >= 4 is 35.2 Å². The quantitative estimate of drug-likeness (QED) is 0.415. The number of anilines is 1. The zero-order chi connectivity index (χ0) is 22.6. The van der Waals surface area contributed by atoms with E-state index in [-0.39, 0.29) is 12.5 Å². The summed E-state index contributed by atoms with van der Waals surface area (Å²) in [6.45, 7) is -0.758. The first-order chi connectivity index (χ1) is 14.7. The third kappa shape index (κ3) is 5.46. The second-order valence-electron chi connectivity index (χ2n) is 6.10.